The molecular weight excluding hydrogens is 224 g/mol. The number of nitrogens with zero attached hydrogens (tertiary/aromatic N) is 2. The number of anilines is 2. The van der Waals surface area contributed by atoms with Crippen molar-refractivity contribution in [1.82, 2.24) is 4.37 Å². The summed E-state index contributed by atoms with van der Waals surface area (Å²) in [6, 6.07) is 2.05. The summed E-state index contributed by atoms with van der Waals surface area (Å²) in [5, 5.41) is 12.8. The van der Waals surface area contributed by atoms with Crippen LogP contribution in [0.25, 0.3) is 0 Å². The molecule has 0 saturated carbocycles. The first-order valence-electron chi connectivity index (χ1n) is 5.32. The Morgan fingerprint density at radius 2 is 2.50 bits per heavy atom. The lowest BCUT2D eigenvalue weighted by Crippen LogP contribution is -2.26. The highest BCUT2D eigenvalue weighted by Gasteiger charge is 2.16. The Morgan fingerprint density at radius 1 is 1.62 bits per heavy atom. The molecule has 5 nitrogen and oxygen atoms in total. The summed E-state index contributed by atoms with van der Waals surface area (Å²) in [6.07, 6.45) is 3.67. The minimum atomic E-state index is 0.239. The molecule has 2 rings (SSSR count). The van der Waals surface area contributed by atoms with Gasteiger partial charge in [0.25, 0.3) is 0 Å². The van der Waals surface area contributed by atoms with Crippen molar-refractivity contribution in [3.63, 3.8) is 0 Å². The zero-order chi connectivity index (χ0) is 11.4. The summed E-state index contributed by atoms with van der Waals surface area (Å²) in [6.45, 7) is 1.55. The second-order valence-corrected chi connectivity index (χ2v) is 4.53. The van der Waals surface area contributed by atoms with Crippen LogP contribution in [0, 0.1) is 11.3 Å². The molecule has 86 valence electrons. The van der Waals surface area contributed by atoms with Crippen molar-refractivity contribution in [3.8, 4) is 6.07 Å². The highest BCUT2D eigenvalue weighted by Crippen LogP contribution is 2.26. The summed E-state index contributed by atoms with van der Waals surface area (Å²) in [5.74, 6) is 0.305. The number of nitrogens with one attached hydrogen (secondary N) is 1. The molecule has 16 heavy (non-hydrogen) atoms. The molecular formula is C10H14N4OS. The summed E-state index contributed by atoms with van der Waals surface area (Å²) >= 11 is 1.23. The van der Waals surface area contributed by atoms with Gasteiger partial charge in [-0.2, -0.15) is 9.64 Å². The lowest BCUT2D eigenvalue weighted by Gasteiger charge is -2.22. The predicted molar refractivity (Wildman–Crippen MR) is 63.3 cm³/mol. The standard InChI is InChI=1S/C10H14N4OS/c11-5-8-9(12)14-16-10(8)13-6-7-3-1-2-4-15-7/h7,13H,1-4,6H2,(H2,12,14). The number of nitrogen functional groups attached to an aromatic ring is 1. The van der Waals surface area contributed by atoms with Gasteiger partial charge in [-0.25, -0.2) is 0 Å². The average Bonchev–Trinajstić information content (AvgIpc) is 2.68. The number of aromatic nitrogens is 1. The van der Waals surface area contributed by atoms with Gasteiger partial charge >= 0.3 is 0 Å². The van der Waals surface area contributed by atoms with E-state index in [4.69, 9.17) is 15.7 Å². The van der Waals surface area contributed by atoms with Crippen molar-refractivity contribution >= 4 is 22.4 Å². The van der Waals surface area contributed by atoms with Gasteiger partial charge in [0.2, 0.25) is 0 Å². The van der Waals surface area contributed by atoms with E-state index in [2.05, 4.69) is 15.8 Å². The fraction of sp³-hybridized carbons (Fsp3) is 0.600. The van der Waals surface area contributed by atoms with Crippen LogP contribution in [0.15, 0.2) is 0 Å². The fourth-order valence-corrected chi connectivity index (χ4v) is 2.38. The van der Waals surface area contributed by atoms with Crippen LogP contribution in [-0.4, -0.2) is 23.6 Å². The Balaban J connectivity index is 1.91. The number of nitriles is 1. The van der Waals surface area contributed by atoms with E-state index in [0.29, 0.717) is 11.4 Å². The quantitative estimate of drug-likeness (QED) is 0.835. The van der Waals surface area contributed by atoms with Gasteiger partial charge < -0.3 is 15.8 Å². The molecule has 1 atom stereocenters. The van der Waals surface area contributed by atoms with Gasteiger partial charge in [0, 0.05) is 13.2 Å². The maximum absolute atomic E-state index is 8.89. The minimum absolute atomic E-state index is 0.239. The molecule has 1 aromatic heterocycles. The van der Waals surface area contributed by atoms with E-state index in [9.17, 15) is 0 Å². The maximum atomic E-state index is 8.89. The third-order valence-electron chi connectivity index (χ3n) is 2.59. The van der Waals surface area contributed by atoms with Crippen molar-refractivity contribution < 1.29 is 4.74 Å². The van der Waals surface area contributed by atoms with Gasteiger partial charge in [-0.3, -0.25) is 0 Å². The van der Waals surface area contributed by atoms with Crippen LogP contribution < -0.4 is 11.1 Å². The molecule has 1 fully saturated rings. The van der Waals surface area contributed by atoms with Gasteiger partial charge in [-0.05, 0) is 30.8 Å². The number of hydrogen-bond donors (Lipinski definition) is 2. The first-order valence-corrected chi connectivity index (χ1v) is 6.09. The predicted octanol–water partition coefficient (Wildman–Crippen LogP) is 1.58. The zero-order valence-electron chi connectivity index (χ0n) is 8.90. The van der Waals surface area contributed by atoms with Crippen LogP contribution in [0.5, 0.6) is 0 Å². The Labute approximate surface area is 98.4 Å². The lowest BCUT2D eigenvalue weighted by molar-refractivity contribution is 0.0248. The minimum Gasteiger partial charge on any atom is -0.382 e. The summed E-state index contributed by atoms with van der Waals surface area (Å²) in [7, 11) is 0. The Bertz CT molecular complexity index is 392. The molecule has 0 aliphatic carbocycles. The number of hydrogen-bond acceptors (Lipinski definition) is 6. The smallest absolute Gasteiger partial charge is 0.157 e. The first kappa shape index (κ1) is 11.2. The van der Waals surface area contributed by atoms with Gasteiger partial charge in [-0.1, -0.05) is 0 Å². The highest BCUT2D eigenvalue weighted by molar-refractivity contribution is 7.10. The Kier molecular flexibility index (Phi) is 3.59. The second kappa shape index (κ2) is 5.14. The van der Waals surface area contributed by atoms with E-state index in [-0.39, 0.29) is 6.10 Å². The lowest BCUT2D eigenvalue weighted by atomic mass is 10.1. The van der Waals surface area contributed by atoms with Crippen molar-refractivity contribution in [3.05, 3.63) is 5.56 Å². The number of nitrogens with two attached hydrogens (primary N) is 1. The summed E-state index contributed by atoms with van der Waals surface area (Å²) in [4.78, 5) is 0. The van der Waals surface area contributed by atoms with Crippen molar-refractivity contribution in [2.45, 2.75) is 25.4 Å². The molecule has 2 heterocycles. The van der Waals surface area contributed by atoms with Crippen molar-refractivity contribution in [2.24, 2.45) is 0 Å². The molecule has 1 saturated heterocycles. The molecule has 6 heteroatoms. The van der Waals surface area contributed by atoms with Crippen LogP contribution >= 0.6 is 11.5 Å². The van der Waals surface area contributed by atoms with Crippen molar-refractivity contribution in [1.29, 1.82) is 5.26 Å². The van der Waals surface area contributed by atoms with Crippen LogP contribution in [0.3, 0.4) is 0 Å². The van der Waals surface area contributed by atoms with Gasteiger partial charge in [-0.15, -0.1) is 0 Å². The van der Waals surface area contributed by atoms with E-state index in [1.807, 2.05) is 0 Å². The average molecular weight is 238 g/mol. The third-order valence-corrected chi connectivity index (χ3v) is 3.41. The SMILES string of the molecule is N#Cc1c(N)nsc1NCC1CCCCO1. The van der Waals surface area contributed by atoms with Crippen LogP contribution in [-0.2, 0) is 4.74 Å². The monoisotopic (exact) mass is 238 g/mol. The van der Waals surface area contributed by atoms with E-state index >= 15 is 0 Å². The normalized spacial score (nSPS) is 20.3. The third kappa shape index (κ3) is 2.43. The molecule has 0 amide bonds. The molecule has 0 radical (unpaired) electrons. The van der Waals surface area contributed by atoms with Gasteiger partial charge in [0.05, 0.1) is 6.10 Å². The molecule has 0 aromatic carbocycles. The van der Waals surface area contributed by atoms with Gasteiger partial charge in [0.1, 0.15) is 16.6 Å². The summed E-state index contributed by atoms with van der Waals surface area (Å²) < 4.78 is 9.53. The molecule has 1 aliphatic heterocycles. The molecule has 0 spiro atoms. The Hall–Kier alpha value is -1.32. The zero-order valence-corrected chi connectivity index (χ0v) is 9.72. The van der Waals surface area contributed by atoms with E-state index in [1.165, 1.54) is 18.0 Å². The maximum Gasteiger partial charge on any atom is 0.157 e. The molecule has 1 aromatic rings. The number of rotatable bonds is 3. The molecule has 0 bridgehead atoms. The van der Waals surface area contributed by atoms with E-state index in [1.54, 1.807) is 0 Å². The molecule has 1 unspecified atom stereocenters. The molecule has 3 N–H and O–H groups in total. The topological polar surface area (TPSA) is 84.0 Å². The van der Waals surface area contributed by atoms with Crippen LogP contribution in [0.4, 0.5) is 10.8 Å². The Morgan fingerprint density at radius 3 is 3.19 bits per heavy atom. The van der Waals surface area contributed by atoms with Crippen molar-refractivity contribution in [2.75, 3.05) is 24.2 Å². The van der Waals surface area contributed by atoms with E-state index in [0.717, 1.165) is 31.0 Å². The first-order chi connectivity index (χ1) is 7.81. The summed E-state index contributed by atoms with van der Waals surface area (Å²) in [5.41, 5.74) is 6.01. The van der Waals surface area contributed by atoms with Crippen LogP contribution in [0.2, 0.25) is 0 Å². The number of ether oxygens (including phenoxy) is 1. The van der Waals surface area contributed by atoms with Gasteiger partial charge in [0.15, 0.2) is 5.82 Å². The van der Waals surface area contributed by atoms with E-state index < -0.39 is 0 Å². The largest absolute Gasteiger partial charge is 0.382 e. The fourth-order valence-electron chi connectivity index (χ4n) is 1.71. The highest BCUT2D eigenvalue weighted by atomic mass is 32.1. The molecule has 1 aliphatic rings. The van der Waals surface area contributed by atoms with Crippen LogP contribution in [0.1, 0.15) is 24.8 Å². The second-order valence-electron chi connectivity index (χ2n) is 3.75.